The number of rotatable bonds is 5. The summed E-state index contributed by atoms with van der Waals surface area (Å²) in [4.78, 5) is 26.2. The van der Waals surface area contributed by atoms with Crippen LogP contribution in [0.3, 0.4) is 0 Å². The van der Waals surface area contributed by atoms with E-state index in [2.05, 4.69) is 0 Å². The smallest absolute Gasteiger partial charge is 0.334 e. The van der Waals surface area contributed by atoms with Gasteiger partial charge in [-0.3, -0.25) is 0 Å². The summed E-state index contributed by atoms with van der Waals surface area (Å²) in [6, 6.07) is 4.71. The van der Waals surface area contributed by atoms with Gasteiger partial charge in [-0.05, 0) is 51.0 Å². The molecule has 0 fully saturated rings. The maximum Gasteiger partial charge on any atom is 0.334 e. The van der Waals surface area contributed by atoms with Crippen molar-refractivity contribution in [1.82, 2.24) is 4.90 Å². The molecule has 0 unspecified atom stereocenters. The number of nitrogens with zero attached hydrogens (tertiary/aromatic N) is 1. The van der Waals surface area contributed by atoms with Gasteiger partial charge in [-0.2, -0.15) is 0 Å². The Bertz CT molecular complexity index is 804. The minimum absolute atomic E-state index is 0.00835. The molecule has 140 valence electrons. The van der Waals surface area contributed by atoms with Gasteiger partial charge in [0.2, 0.25) is 0 Å². The molecule has 0 atom stereocenters. The molecule has 5 nitrogen and oxygen atoms in total. The third kappa shape index (κ3) is 2.89. The van der Waals surface area contributed by atoms with Crippen LogP contribution >= 0.6 is 23.2 Å². The van der Waals surface area contributed by atoms with Crippen molar-refractivity contribution >= 4 is 35.1 Å². The van der Waals surface area contributed by atoms with Crippen molar-refractivity contribution in [3.05, 3.63) is 56.3 Å². The molecule has 0 spiro atoms. The first-order valence-corrected chi connectivity index (χ1v) is 9.01. The average Bonchev–Trinajstić information content (AvgIpc) is 2.55. The normalized spacial score (nSPS) is 16.9. The first-order valence-electron chi connectivity index (χ1n) is 8.25. The van der Waals surface area contributed by atoms with Gasteiger partial charge in [0, 0.05) is 28.0 Å². The summed E-state index contributed by atoms with van der Waals surface area (Å²) in [7, 11) is 0. The standard InChI is InChI=1S/C19H21Cl2NO4/c1-5-19(13-9-12(20)7-8-14(13)21)15(17(23)24)10(3)22(6-2)11(4)16(19)18(25)26/h7-9H,5-6H2,1-4H3,(H,23,24)(H,25,26). The topological polar surface area (TPSA) is 77.8 Å². The highest BCUT2D eigenvalue weighted by Gasteiger charge is 2.51. The summed E-state index contributed by atoms with van der Waals surface area (Å²) in [5.41, 5.74) is 0.00156. The SMILES string of the molecule is CCN1C(C)=C(C(=O)O)C(CC)(c2cc(Cl)ccc2Cl)C(C(=O)O)=C1C. The van der Waals surface area contributed by atoms with Crippen LogP contribution in [0, 0.1) is 0 Å². The van der Waals surface area contributed by atoms with Crippen molar-refractivity contribution in [1.29, 1.82) is 0 Å². The fraction of sp³-hybridized carbons (Fsp3) is 0.368. The van der Waals surface area contributed by atoms with E-state index in [9.17, 15) is 19.8 Å². The summed E-state index contributed by atoms with van der Waals surface area (Å²) in [6.07, 6.45) is 0.211. The molecular formula is C19H21Cl2NO4. The summed E-state index contributed by atoms with van der Waals surface area (Å²) in [6.45, 7) is 7.44. The van der Waals surface area contributed by atoms with Gasteiger partial charge in [0.05, 0.1) is 16.6 Å². The van der Waals surface area contributed by atoms with Crippen molar-refractivity contribution in [2.45, 2.75) is 39.5 Å². The molecule has 0 amide bonds. The molecule has 0 aromatic heterocycles. The van der Waals surface area contributed by atoms with E-state index in [0.29, 0.717) is 28.5 Å². The lowest BCUT2D eigenvalue weighted by atomic mass is 9.64. The Morgan fingerprint density at radius 1 is 1.04 bits per heavy atom. The Hall–Kier alpha value is -1.98. The van der Waals surface area contributed by atoms with Gasteiger partial charge >= 0.3 is 11.9 Å². The van der Waals surface area contributed by atoms with Crippen LogP contribution in [0.2, 0.25) is 10.0 Å². The zero-order chi connectivity index (χ0) is 19.8. The third-order valence-corrected chi connectivity index (χ3v) is 5.61. The predicted molar refractivity (Wildman–Crippen MR) is 101 cm³/mol. The maximum absolute atomic E-state index is 12.3. The molecule has 1 aromatic rings. The maximum atomic E-state index is 12.3. The van der Waals surface area contributed by atoms with E-state index in [0.717, 1.165) is 0 Å². The Labute approximate surface area is 162 Å². The van der Waals surface area contributed by atoms with Crippen LogP contribution < -0.4 is 0 Å². The van der Waals surface area contributed by atoms with Gasteiger partial charge in [-0.1, -0.05) is 30.1 Å². The van der Waals surface area contributed by atoms with Gasteiger partial charge in [0.1, 0.15) is 0 Å². The molecule has 1 heterocycles. The molecule has 2 rings (SSSR count). The molecule has 0 radical (unpaired) electrons. The van der Waals surface area contributed by atoms with Crippen LogP contribution in [0.4, 0.5) is 0 Å². The Kier molecular flexibility index (Phi) is 5.73. The highest BCUT2D eigenvalue weighted by Crippen LogP contribution is 2.51. The number of carboxylic acids is 2. The summed E-state index contributed by atoms with van der Waals surface area (Å²) < 4.78 is 0. The monoisotopic (exact) mass is 397 g/mol. The van der Waals surface area contributed by atoms with E-state index in [-0.39, 0.29) is 22.6 Å². The summed E-state index contributed by atoms with van der Waals surface area (Å²) in [5, 5.41) is 20.7. The second kappa shape index (κ2) is 7.33. The van der Waals surface area contributed by atoms with E-state index < -0.39 is 17.4 Å². The highest BCUT2D eigenvalue weighted by molar-refractivity contribution is 6.34. The minimum Gasteiger partial charge on any atom is -0.478 e. The highest BCUT2D eigenvalue weighted by atomic mass is 35.5. The number of carboxylic acid groups (broad SMARTS) is 2. The lowest BCUT2D eigenvalue weighted by Crippen LogP contribution is -2.45. The molecule has 2 N–H and O–H groups in total. The van der Waals surface area contributed by atoms with Crippen LogP contribution in [-0.2, 0) is 15.0 Å². The van der Waals surface area contributed by atoms with Crippen molar-refractivity contribution in [3.63, 3.8) is 0 Å². The number of hydrogen-bond donors (Lipinski definition) is 2. The molecule has 0 aliphatic carbocycles. The molecule has 1 aliphatic rings. The van der Waals surface area contributed by atoms with Crippen molar-refractivity contribution in [2.75, 3.05) is 6.54 Å². The van der Waals surface area contributed by atoms with E-state index in [1.165, 1.54) is 0 Å². The van der Waals surface area contributed by atoms with Crippen molar-refractivity contribution in [3.8, 4) is 0 Å². The summed E-state index contributed by atoms with van der Waals surface area (Å²) in [5.74, 6) is -2.35. The predicted octanol–water partition coefficient (Wildman–Crippen LogP) is 4.69. The summed E-state index contributed by atoms with van der Waals surface area (Å²) >= 11 is 12.5. The molecule has 0 saturated carbocycles. The zero-order valence-electron chi connectivity index (χ0n) is 15.1. The van der Waals surface area contributed by atoms with E-state index in [1.807, 2.05) is 6.92 Å². The van der Waals surface area contributed by atoms with Gasteiger partial charge in [0.25, 0.3) is 0 Å². The van der Waals surface area contributed by atoms with Crippen LogP contribution in [0.5, 0.6) is 0 Å². The van der Waals surface area contributed by atoms with E-state index >= 15 is 0 Å². The Morgan fingerprint density at radius 3 is 1.92 bits per heavy atom. The molecule has 0 saturated heterocycles. The average molecular weight is 398 g/mol. The molecule has 1 aromatic carbocycles. The second-order valence-electron chi connectivity index (χ2n) is 6.16. The number of halogens is 2. The van der Waals surface area contributed by atoms with E-state index in [1.54, 1.807) is 43.9 Å². The molecule has 26 heavy (non-hydrogen) atoms. The molecule has 1 aliphatic heterocycles. The van der Waals surface area contributed by atoms with Crippen LogP contribution in [0.1, 0.15) is 39.7 Å². The number of benzene rings is 1. The molecule has 7 heteroatoms. The van der Waals surface area contributed by atoms with Crippen LogP contribution in [-0.4, -0.2) is 33.6 Å². The third-order valence-electron chi connectivity index (χ3n) is 5.05. The van der Waals surface area contributed by atoms with Gasteiger partial charge < -0.3 is 15.1 Å². The largest absolute Gasteiger partial charge is 0.478 e. The molecular weight excluding hydrogens is 377 g/mol. The lowest BCUT2D eigenvalue weighted by molar-refractivity contribution is -0.134. The lowest BCUT2D eigenvalue weighted by Gasteiger charge is -2.44. The minimum atomic E-state index is -1.40. The Balaban J connectivity index is 3.06. The van der Waals surface area contributed by atoms with Crippen LogP contribution in [0.15, 0.2) is 40.7 Å². The molecule has 0 bridgehead atoms. The first-order chi connectivity index (χ1) is 12.1. The zero-order valence-corrected chi connectivity index (χ0v) is 16.6. The fourth-order valence-electron chi connectivity index (χ4n) is 4.05. The van der Waals surface area contributed by atoms with Crippen molar-refractivity contribution in [2.24, 2.45) is 0 Å². The van der Waals surface area contributed by atoms with Gasteiger partial charge in [0.15, 0.2) is 0 Å². The Morgan fingerprint density at radius 2 is 1.54 bits per heavy atom. The van der Waals surface area contributed by atoms with Crippen molar-refractivity contribution < 1.29 is 19.8 Å². The second-order valence-corrected chi connectivity index (χ2v) is 7.00. The quantitative estimate of drug-likeness (QED) is 0.752. The van der Waals surface area contributed by atoms with Gasteiger partial charge in [-0.15, -0.1) is 0 Å². The number of allylic oxidation sites excluding steroid dienone is 2. The number of aliphatic carboxylic acids is 2. The van der Waals surface area contributed by atoms with Crippen LogP contribution in [0.25, 0.3) is 0 Å². The number of carbonyl (C=O) groups is 2. The number of hydrogen-bond acceptors (Lipinski definition) is 3. The fourth-order valence-corrected chi connectivity index (χ4v) is 4.50. The van der Waals surface area contributed by atoms with Gasteiger partial charge in [-0.25, -0.2) is 9.59 Å². The van der Waals surface area contributed by atoms with E-state index in [4.69, 9.17) is 23.2 Å². The first kappa shape index (κ1) is 20.3.